The quantitative estimate of drug-likeness (QED) is 0.844. The van der Waals surface area contributed by atoms with Gasteiger partial charge in [-0.3, -0.25) is 4.79 Å². The van der Waals surface area contributed by atoms with Gasteiger partial charge in [0, 0.05) is 6.54 Å². The van der Waals surface area contributed by atoms with Crippen molar-refractivity contribution >= 4 is 5.91 Å². The summed E-state index contributed by atoms with van der Waals surface area (Å²) in [5.74, 6) is -0.121. The van der Waals surface area contributed by atoms with Crippen LogP contribution in [0.4, 0.5) is 8.78 Å². The molecule has 6 heteroatoms. The van der Waals surface area contributed by atoms with Gasteiger partial charge in [-0.1, -0.05) is 12.1 Å². The van der Waals surface area contributed by atoms with Crippen molar-refractivity contribution in [3.63, 3.8) is 0 Å². The van der Waals surface area contributed by atoms with E-state index in [-0.39, 0.29) is 24.2 Å². The fourth-order valence-electron chi connectivity index (χ4n) is 1.53. The van der Waals surface area contributed by atoms with Crippen molar-refractivity contribution in [2.75, 3.05) is 6.54 Å². The van der Waals surface area contributed by atoms with Gasteiger partial charge in [-0.05, 0) is 38.5 Å². The van der Waals surface area contributed by atoms with Gasteiger partial charge in [-0.25, -0.2) is 0 Å². The maximum atomic E-state index is 12.2. The van der Waals surface area contributed by atoms with Crippen molar-refractivity contribution in [3.05, 3.63) is 29.8 Å². The van der Waals surface area contributed by atoms with Gasteiger partial charge in [0.15, 0.2) is 0 Å². The average molecular weight is 286 g/mol. The normalized spacial score (nSPS) is 13.2. The van der Waals surface area contributed by atoms with Gasteiger partial charge in [0.05, 0.1) is 11.5 Å². The summed E-state index contributed by atoms with van der Waals surface area (Å²) in [5.41, 5.74) is 5.55. The van der Waals surface area contributed by atoms with E-state index in [2.05, 4.69) is 10.1 Å². The van der Waals surface area contributed by atoms with Crippen LogP contribution >= 0.6 is 0 Å². The van der Waals surface area contributed by atoms with E-state index in [1.165, 1.54) is 12.1 Å². The minimum Gasteiger partial charge on any atom is -0.435 e. The molecule has 1 aromatic rings. The monoisotopic (exact) mass is 286 g/mol. The zero-order valence-corrected chi connectivity index (χ0v) is 11.8. The van der Waals surface area contributed by atoms with E-state index < -0.39 is 12.0 Å². The fourth-order valence-corrected chi connectivity index (χ4v) is 1.53. The van der Waals surface area contributed by atoms with Crippen LogP contribution in [0.1, 0.15) is 32.4 Å². The predicted molar refractivity (Wildman–Crippen MR) is 72.5 cm³/mol. The van der Waals surface area contributed by atoms with E-state index in [4.69, 9.17) is 5.73 Å². The van der Waals surface area contributed by atoms with E-state index in [1.807, 2.05) is 0 Å². The standard InChI is InChI=1S/C14H20F2N2O2/c1-9(18-12(19)14(2,3)8-17)10-5-4-6-11(7-10)20-13(15)16/h4-7,9,13H,8,17H2,1-3H3,(H,18,19). The predicted octanol–water partition coefficient (Wildman–Crippen LogP) is 2.45. The van der Waals surface area contributed by atoms with Crippen molar-refractivity contribution in [3.8, 4) is 5.75 Å². The first-order chi connectivity index (χ1) is 9.26. The van der Waals surface area contributed by atoms with Crippen molar-refractivity contribution in [2.45, 2.75) is 33.4 Å². The van der Waals surface area contributed by atoms with Crippen LogP contribution in [-0.4, -0.2) is 19.1 Å². The molecule has 1 aromatic carbocycles. The van der Waals surface area contributed by atoms with Crippen LogP contribution in [0.5, 0.6) is 5.75 Å². The highest BCUT2D eigenvalue weighted by molar-refractivity contribution is 5.82. The third-order valence-corrected chi connectivity index (χ3v) is 3.06. The number of nitrogens with one attached hydrogen (secondary N) is 1. The van der Waals surface area contributed by atoms with Crippen molar-refractivity contribution < 1.29 is 18.3 Å². The van der Waals surface area contributed by atoms with Gasteiger partial charge < -0.3 is 15.8 Å². The number of hydrogen-bond acceptors (Lipinski definition) is 3. The van der Waals surface area contributed by atoms with Gasteiger partial charge in [0.2, 0.25) is 5.91 Å². The fraction of sp³-hybridized carbons (Fsp3) is 0.500. The van der Waals surface area contributed by atoms with E-state index in [1.54, 1.807) is 32.9 Å². The molecule has 0 fully saturated rings. The summed E-state index contributed by atoms with van der Waals surface area (Å²) in [6.45, 7) is 2.61. The molecule has 0 radical (unpaired) electrons. The summed E-state index contributed by atoms with van der Waals surface area (Å²) in [4.78, 5) is 12.0. The van der Waals surface area contributed by atoms with Gasteiger partial charge in [-0.2, -0.15) is 8.78 Å². The smallest absolute Gasteiger partial charge is 0.387 e. The molecule has 112 valence electrons. The molecule has 0 spiro atoms. The highest BCUT2D eigenvalue weighted by Crippen LogP contribution is 2.22. The Balaban J connectivity index is 2.77. The minimum atomic E-state index is -2.87. The maximum absolute atomic E-state index is 12.2. The van der Waals surface area contributed by atoms with Crippen LogP contribution in [0.3, 0.4) is 0 Å². The molecule has 0 aliphatic heterocycles. The Kier molecular flexibility index (Phi) is 5.44. The lowest BCUT2D eigenvalue weighted by molar-refractivity contribution is -0.129. The Hall–Kier alpha value is -1.69. The van der Waals surface area contributed by atoms with Crippen LogP contribution in [0.2, 0.25) is 0 Å². The SMILES string of the molecule is CC(NC(=O)C(C)(C)CN)c1cccc(OC(F)F)c1. The van der Waals surface area contributed by atoms with Gasteiger partial charge >= 0.3 is 6.61 Å². The molecule has 0 bridgehead atoms. The summed E-state index contributed by atoms with van der Waals surface area (Å²) >= 11 is 0. The molecule has 1 amide bonds. The van der Waals surface area contributed by atoms with Gasteiger partial charge in [0.25, 0.3) is 0 Å². The molecule has 1 rings (SSSR count). The van der Waals surface area contributed by atoms with E-state index in [0.717, 1.165) is 0 Å². The Labute approximate surface area is 117 Å². The summed E-state index contributed by atoms with van der Waals surface area (Å²) in [5, 5.41) is 2.81. The number of ether oxygens (including phenoxy) is 1. The average Bonchev–Trinajstić information content (AvgIpc) is 2.38. The number of nitrogens with two attached hydrogens (primary N) is 1. The maximum Gasteiger partial charge on any atom is 0.387 e. The first kappa shape index (κ1) is 16.4. The molecule has 0 aliphatic carbocycles. The number of carbonyl (C=O) groups excluding carboxylic acids is 1. The molecular weight excluding hydrogens is 266 g/mol. The number of alkyl halides is 2. The van der Waals surface area contributed by atoms with Crippen LogP contribution in [-0.2, 0) is 4.79 Å². The second-order valence-electron chi connectivity index (χ2n) is 5.23. The lowest BCUT2D eigenvalue weighted by Crippen LogP contribution is -2.42. The molecule has 0 saturated heterocycles. The third-order valence-electron chi connectivity index (χ3n) is 3.06. The minimum absolute atomic E-state index is 0.0664. The zero-order chi connectivity index (χ0) is 15.3. The summed E-state index contributed by atoms with van der Waals surface area (Å²) in [7, 11) is 0. The molecule has 20 heavy (non-hydrogen) atoms. The first-order valence-electron chi connectivity index (χ1n) is 6.32. The highest BCUT2D eigenvalue weighted by atomic mass is 19.3. The van der Waals surface area contributed by atoms with Crippen LogP contribution in [0, 0.1) is 5.41 Å². The first-order valence-corrected chi connectivity index (χ1v) is 6.32. The molecule has 1 unspecified atom stereocenters. The Bertz CT molecular complexity index is 464. The Morgan fingerprint density at radius 2 is 2.10 bits per heavy atom. The van der Waals surface area contributed by atoms with E-state index in [0.29, 0.717) is 5.56 Å². The Morgan fingerprint density at radius 1 is 1.45 bits per heavy atom. The van der Waals surface area contributed by atoms with Gasteiger partial charge in [-0.15, -0.1) is 0 Å². The van der Waals surface area contributed by atoms with Crippen LogP contribution in [0.15, 0.2) is 24.3 Å². The Morgan fingerprint density at radius 3 is 2.65 bits per heavy atom. The summed E-state index contributed by atoms with van der Waals surface area (Å²) in [6.07, 6.45) is 0. The number of halogens is 2. The number of benzene rings is 1. The zero-order valence-electron chi connectivity index (χ0n) is 11.8. The van der Waals surface area contributed by atoms with Crippen molar-refractivity contribution in [1.29, 1.82) is 0 Å². The largest absolute Gasteiger partial charge is 0.435 e. The number of carbonyl (C=O) groups is 1. The topological polar surface area (TPSA) is 64.4 Å². The van der Waals surface area contributed by atoms with Gasteiger partial charge in [0.1, 0.15) is 5.75 Å². The number of amides is 1. The second kappa shape index (κ2) is 6.65. The summed E-state index contributed by atoms with van der Waals surface area (Å²) in [6, 6.07) is 5.93. The lowest BCUT2D eigenvalue weighted by atomic mass is 9.92. The number of rotatable bonds is 6. The molecule has 0 heterocycles. The van der Waals surface area contributed by atoms with Crippen LogP contribution < -0.4 is 15.8 Å². The molecular formula is C14H20F2N2O2. The molecule has 3 N–H and O–H groups in total. The van der Waals surface area contributed by atoms with Crippen molar-refractivity contribution in [2.24, 2.45) is 11.1 Å². The molecule has 0 aliphatic rings. The molecule has 1 atom stereocenters. The third kappa shape index (κ3) is 4.45. The van der Waals surface area contributed by atoms with Crippen LogP contribution in [0.25, 0.3) is 0 Å². The summed E-state index contributed by atoms with van der Waals surface area (Å²) < 4.78 is 28.7. The highest BCUT2D eigenvalue weighted by Gasteiger charge is 2.27. The molecule has 0 saturated carbocycles. The van der Waals surface area contributed by atoms with E-state index in [9.17, 15) is 13.6 Å². The van der Waals surface area contributed by atoms with E-state index >= 15 is 0 Å². The lowest BCUT2D eigenvalue weighted by Gasteiger charge is -2.24. The van der Waals surface area contributed by atoms with Crippen molar-refractivity contribution in [1.82, 2.24) is 5.32 Å². The number of hydrogen-bond donors (Lipinski definition) is 2. The second-order valence-corrected chi connectivity index (χ2v) is 5.23. The molecule has 4 nitrogen and oxygen atoms in total. The molecule has 0 aromatic heterocycles.